The fourth-order valence-electron chi connectivity index (χ4n) is 2.30. The van der Waals surface area contributed by atoms with Crippen LogP contribution in [-0.2, 0) is 9.59 Å². The standard InChI is InChI=1S/C18H14N2O6/c19-11-18(16(23)24,17(25)26)20(14(21)12-7-3-1-4-8-12)15(22)13-9-5-2-6-10-13/h1-11,19H,(H,23,24)(H,25,26). The average molecular weight is 354 g/mol. The number of hydrogen-bond donors (Lipinski definition) is 3. The second-order valence-electron chi connectivity index (χ2n) is 5.20. The molecule has 0 saturated carbocycles. The zero-order valence-corrected chi connectivity index (χ0v) is 13.3. The average Bonchev–Trinajstić information content (AvgIpc) is 2.66. The Labute approximate surface area is 147 Å². The van der Waals surface area contributed by atoms with Gasteiger partial charge < -0.3 is 15.6 Å². The number of carbonyl (C=O) groups excluding carboxylic acids is 2. The highest BCUT2D eigenvalue weighted by Crippen LogP contribution is 2.22. The zero-order valence-electron chi connectivity index (χ0n) is 13.3. The van der Waals surface area contributed by atoms with Crippen LogP contribution in [0.25, 0.3) is 0 Å². The van der Waals surface area contributed by atoms with E-state index in [1.54, 1.807) is 12.1 Å². The molecule has 0 radical (unpaired) electrons. The Morgan fingerprint density at radius 1 is 0.769 bits per heavy atom. The molecule has 0 atom stereocenters. The Morgan fingerprint density at radius 2 is 1.12 bits per heavy atom. The summed E-state index contributed by atoms with van der Waals surface area (Å²) in [4.78, 5) is 49.2. The number of carbonyl (C=O) groups is 4. The number of carboxylic acids is 2. The molecular formula is C18H14N2O6. The molecule has 26 heavy (non-hydrogen) atoms. The van der Waals surface area contributed by atoms with Crippen molar-refractivity contribution in [2.45, 2.75) is 5.54 Å². The molecule has 2 rings (SSSR count). The van der Waals surface area contributed by atoms with Crippen LogP contribution in [-0.4, -0.2) is 50.6 Å². The van der Waals surface area contributed by atoms with E-state index in [2.05, 4.69) is 0 Å². The van der Waals surface area contributed by atoms with E-state index in [9.17, 15) is 29.4 Å². The van der Waals surface area contributed by atoms with Crippen molar-refractivity contribution in [1.29, 1.82) is 5.41 Å². The number of nitrogens with zero attached hydrogens (tertiary/aromatic N) is 1. The van der Waals surface area contributed by atoms with Crippen LogP contribution in [0.1, 0.15) is 20.7 Å². The second-order valence-corrected chi connectivity index (χ2v) is 5.20. The summed E-state index contributed by atoms with van der Waals surface area (Å²) in [5, 5.41) is 26.3. The Morgan fingerprint density at radius 3 is 1.38 bits per heavy atom. The van der Waals surface area contributed by atoms with Gasteiger partial charge in [-0.25, -0.2) is 14.5 Å². The highest BCUT2D eigenvalue weighted by atomic mass is 16.4. The maximum Gasteiger partial charge on any atom is 0.347 e. The first-order valence-corrected chi connectivity index (χ1v) is 7.33. The lowest BCUT2D eigenvalue weighted by Gasteiger charge is -2.32. The molecule has 0 heterocycles. The third-order valence-electron chi connectivity index (χ3n) is 3.66. The molecule has 0 bridgehead atoms. The minimum atomic E-state index is -3.18. The van der Waals surface area contributed by atoms with Gasteiger partial charge in [0.2, 0.25) is 0 Å². The van der Waals surface area contributed by atoms with Gasteiger partial charge in [0.15, 0.2) is 0 Å². The first kappa shape index (κ1) is 18.5. The van der Waals surface area contributed by atoms with Crippen molar-refractivity contribution >= 4 is 30.0 Å². The first-order chi connectivity index (χ1) is 12.4. The number of nitrogens with one attached hydrogen (secondary N) is 1. The lowest BCUT2D eigenvalue weighted by Crippen LogP contribution is -2.65. The summed E-state index contributed by atoms with van der Waals surface area (Å²) < 4.78 is 0. The minimum Gasteiger partial charge on any atom is -0.479 e. The third-order valence-corrected chi connectivity index (χ3v) is 3.66. The van der Waals surface area contributed by atoms with Crippen molar-refractivity contribution in [2.75, 3.05) is 0 Å². The quantitative estimate of drug-likeness (QED) is 0.409. The molecule has 0 aromatic heterocycles. The molecule has 0 spiro atoms. The van der Waals surface area contributed by atoms with E-state index < -0.39 is 29.3 Å². The summed E-state index contributed by atoms with van der Waals surface area (Å²) in [6, 6.07) is 14.4. The Kier molecular flexibility index (Phi) is 5.27. The van der Waals surface area contributed by atoms with Gasteiger partial charge in [0.1, 0.15) is 0 Å². The molecule has 0 aliphatic rings. The molecular weight excluding hydrogens is 340 g/mol. The normalized spacial score (nSPS) is 10.6. The SMILES string of the molecule is N=CC(C(=O)O)(C(=O)O)N(C(=O)c1ccccc1)C(=O)c1ccccc1. The van der Waals surface area contributed by atoms with Gasteiger partial charge in [-0.15, -0.1) is 0 Å². The smallest absolute Gasteiger partial charge is 0.347 e. The summed E-state index contributed by atoms with van der Waals surface area (Å²) in [6.07, 6.45) is 0.0549. The summed E-state index contributed by atoms with van der Waals surface area (Å²) in [7, 11) is 0. The number of rotatable bonds is 6. The third kappa shape index (κ3) is 3.07. The second kappa shape index (κ2) is 7.39. The van der Waals surface area contributed by atoms with Gasteiger partial charge in [0.05, 0.1) is 0 Å². The summed E-state index contributed by atoms with van der Waals surface area (Å²) in [6.45, 7) is 0. The molecule has 3 N–H and O–H groups in total. The van der Waals surface area contributed by atoms with Crippen LogP contribution in [0.15, 0.2) is 60.7 Å². The lowest BCUT2D eigenvalue weighted by atomic mass is 9.96. The first-order valence-electron chi connectivity index (χ1n) is 7.33. The maximum atomic E-state index is 12.8. The Balaban J connectivity index is 2.71. The largest absolute Gasteiger partial charge is 0.479 e. The molecule has 132 valence electrons. The molecule has 2 amide bonds. The van der Waals surface area contributed by atoms with Crippen molar-refractivity contribution < 1.29 is 29.4 Å². The molecule has 2 aromatic rings. The van der Waals surface area contributed by atoms with E-state index in [4.69, 9.17) is 5.41 Å². The van der Waals surface area contributed by atoms with Crippen molar-refractivity contribution in [3.63, 3.8) is 0 Å². The Bertz CT molecular complexity index is 798. The van der Waals surface area contributed by atoms with E-state index >= 15 is 0 Å². The van der Waals surface area contributed by atoms with E-state index in [-0.39, 0.29) is 22.2 Å². The van der Waals surface area contributed by atoms with Crippen LogP contribution in [0.3, 0.4) is 0 Å². The number of amides is 2. The number of aliphatic carboxylic acids is 2. The van der Waals surface area contributed by atoms with Crippen LogP contribution < -0.4 is 0 Å². The predicted octanol–water partition coefficient (Wildman–Crippen LogP) is 1.53. The van der Waals surface area contributed by atoms with E-state index in [1.807, 2.05) is 0 Å². The van der Waals surface area contributed by atoms with Crippen LogP contribution in [0.2, 0.25) is 0 Å². The molecule has 0 saturated heterocycles. The van der Waals surface area contributed by atoms with Crippen LogP contribution in [0, 0.1) is 5.41 Å². The van der Waals surface area contributed by atoms with Gasteiger partial charge >= 0.3 is 11.9 Å². The van der Waals surface area contributed by atoms with Crippen molar-refractivity contribution in [2.24, 2.45) is 0 Å². The van der Waals surface area contributed by atoms with Gasteiger partial charge in [0.25, 0.3) is 17.4 Å². The molecule has 2 aromatic carbocycles. The molecule has 8 nitrogen and oxygen atoms in total. The van der Waals surface area contributed by atoms with E-state index in [0.717, 1.165) is 0 Å². The van der Waals surface area contributed by atoms with E-state index in [0.29, 0.717) is 0 Å². The number of imide groups is 1. The highest BCUT2D eigenvalue weighted by molar-refractivity contribution is 6.26. The summed E-state index contributed by atoms with van der Waals surface area (Å²) >= 11 is 0. The van der Waals surface area contributed by atoms with Crippen LogP contribution in [0.4, 0.5) is 0 Å². The highest BCUT2D eigenvalue weighted by Gasteiger charge is 2.56. The monoisotopic (exact) mass is 354 g/mol. The van der Waals surface area contributed by atoms with Gasteiger partial charge in [-0.2, -0.15) is 0 Å². The van der Waals surface area contributed by atoms with Crippen LogP contribution >= 0.6 is 0 Å². The maximum absolute atomic E-state index is 12.8. The topological polar surface area (TPSA) is 136 Å². The van der Waals surface area contributed by atoms with Crippen molar-refractivity contribution in [3.05, 3.63) is 71.8 Å². The van der Waals surface area contributed by atoms with Crippen molar-refractivity contribution in [3.8, 4) is 0 Å². The van der Waals surface area contributed by atoms with Gasteiger partial charge in [0, 0.05) is 17.3 Å². The lowest BCUT2D eigenvalue weighted by molar-refractivity contribution is -0.158. The molecule has 0 aliphatic heterocycles. The van der Waals surface area contributed by atoms with Gasteiger partial charge in [-0.1, -0.05) is 36.4 Å². The minimum absolute atomic E-state index is 0.0549. The number of hydrogen-bond acceptors (Lipinski definition) is 5. The van der Waals surface area contributed by atoms with Crippen molar-refractivity contribution in [1.82, 2.24) is 4.90 Å². The summed E-state index contributed by atoms with van der Waals surface area (Å²) in [5.41, 5.74) is -3.36. The summed E-state index contributed by atoms with van der Waals surface area (Å²) in [5.74, 6) is -6.36. The fraction of sp³-hybridized carbons (Fsp3) is 0.0556. The zero-order chi connectivity index (χ0) is 19.3. The number of carboxylic acid groups (broad SMARTS) is 2. The molecule has 0 unspecified atom stereocenters. The number of benzene rings is 2. The molecule has 8 heteroatoms. The Hall–Kier alpha value is -3.81. The van der Waals surface area contributed by atoms with Gasteiger partial charge in [-0.05, 0) is 24.3 Å². The fourth-order valence-corrected chi connectivity index (χ4v) is 2.30. The molecule has 0 fully saturated rings. The van der Waals surface area contributed by atoms with Crippen LogP contribution in [0.5, 0.6) is 0 Å². The van der Waals surface area contributed by atoms with Gasteiger partial charge in [-0.3, -0.25) is 9.59 Å². The predicted molar refractivity (Wildman–Crippen MR) is 90.2 cm³/mol. The van der Waals surface area contributed by atoms with E-state index in [1.165, 1.54) is 48.5 Å². The molecule has 0 aliphatic carbocycles.